The summed E-state index contributed by atoms with van der Waals surface area (Å²) in [5, 5.41) is 4.66. The van der Waals surface area contributed by atoms with Crippen molar-refractivity contribution < 1.29 is 23.9 Å². The highest BCUT2D eigenvalue weighted by Gasteiger charge is 2.24. The lowest BCUT2D eigenvalue weighted by molar-refractivity contribution is -0.148. The van der Waals surface area contributed by atoms with E-state index in [0.717, 1.165) is 24.0 Å². The van der Waals surface area contributed by atoms with Crippen LogP contribution in [0.5, 0.6) is 0 Å². The molecule has 2 rings (SSSR count). The Labute approximate surface area is 146 Å². The lowest BCUT2D eigenvalue weighted by Gasteiger charge is -2.08. The maximum atomic E-state index is 12.2. The van der Waals surface area contributed by atoms with Crippen LogP contribution >= 0.6 is 0 Å². The van der Waals surface area contributed by atoms with Crippen molar-refractivity contribution in [3.8, 4) is 0 Å². The van der Waals surface area contributed by atoms with Crippen molar-refractivity contribution in [3.05, 3.63) is 34.9 Å². The van der Waals surface area contributed by atoms with Gasteiger partial charge in [0.1, 0.15) is 0 Å². The second-order valence-corrected chi connectivity index (χ2v) is 6.20. The highest BCUT2D eigenvalue weighted by atomic mass is 16.5. The normalized spacial score (nSPS) is 13.0. The Morgan fingerprint density at radius 3 is 2.52 bits per heavy atom. The number of urea groups is 1. The van der Waals surface area contributed by atoms with Crippen LogP contribution < -0.4 is 10.6 Å². The van der Waals surface area contributed by atoms with Gasteiger partial charge in [0.25, 0.3) is 5.91 Å². The van der Waals surface area contributed by atoms with Gasteiger partial charge >= 0.3 is 12.0 Å². The molecule has 7 nitrogen and oxygen atoms in total. The summed E-state index contributed by atoms with van der Waals surface area (Å²) in [5.41, 5.74) is 2.41. The third-order valence-corrected chi connectivity index (χ3v) is 3.78. The average Bonchev–Trinajstić information content (AvgIpc) is 3.36. The second kappa shape index (κ2) is 8.41. The number of carbonyl (C=O) groups excluding carboxylic acids is 4. The van der Waals surface area contributed by atoms with Gasteiger partial charge in [-0.1, -0.05) is 17.7 Å². The van der Waals surface area contributed by atoms with Gasteiger partial charge in [-0.3, -0.25) is 19.7 Å². The molecule has 1 aromatic rings. The summed E-state index contributed by atoms with van der Waals surface area (Å²) in [4.78, 5) is 46.7. The van der Waals surface area contributed by atoms with Crippen LogP contribution in [0.2, 0.25) is 0 Å². The Morgan fingerprint density at radius 2 is 1.84 bits per heavy atom. The molecule has 0 atom stereocenters. The number of aryl methyl sites for hydroxylation is 2. The molecular formula is C18H22N2O5. The predicted octanol–water partition coefficient (Wildman–Crippen LogP) is 1.80. The summed E-state index contributed by atoms with van der Waals surface area (Å²) < 4.78 is 4.78. The van der Waals surface area contributed by atoms with Gasteiger partial charge in [-0.25, -0.2) is 4.79 Å². The van der Waals surface area contributed by atoms with E-state index in [1.165, 1.54) is 0 Å². The van der Waals surface area contributed by atoms with E-state index in [2.05, 4.69) is 10.6 Å². The zero-order valence-electron chi connectivity index (χ0n) is 14.4. The Hall–Kier alpha value is -2.70. The van der Waals surface area contributed by atoms with Crippen molar-refractivity contribution in [2.45, 2.75) is 45.6 Å². The second-order valence-electron chi connectivity index (χ2n) is 6.20. The van der Waals surface area contributed by atoms with Gasteiger partial charge < -0.3 is 10.1 Å². The summed E-state index contributed by atoms with van der Waals surface area (Å²) >= 11 is 0. The van der Waals surface area contributed by atoms with Crippen LogP contribution in [0.15, 0.2) is 18.2 Å². The Balaban J connectivity index is 1.69. The number of Topliss-reactive ketones (excluding diaryl/α,β-unsaturated/α-hetero) is 1. The number of hydrogen-bond donors (Lipinski definition) is 2. The quantitative estimate of drug-likeness (QED) is 0.579. The van der Waals surface area contributed by atoms with Gasteiger partial charge in [0.05, 0.1) is 6.42 Å². The van der Waals surface area contributed by atoms with E-state index in [1.54, 1.807) is 6.07 Å². The van der Waals surface area contributed by atoms with Crippen LogP contribution in [0.4, 0.5) is 4.79 Å². The minimum Gasteiger partial charge on any atom is -0.456 e. The van der Waals surface area contributed by atoms with Crippen LogP contribution in [-0.4, -0.2) is 36.3 Å². The molecule has 0 unspecified atom stereocenters. The first-order valence-corrected chi connectivity index (χ1v) is 8.21. The monoisotopic (exact) mass is 346 g/mol. The number of rotatable bonds is 7. The van der Waals surface area contributed by atoms with Crippen molar-refractivity contribution in [1.82, 2.24) is 10.6 Å². The molecule has 1 saturated carbocycles. The molecule has 1 aliphatic carbocycles. The van der Waals surface area contributed by atoms with Gasteiger partial charge in [0.2, 0.25) is 0 Å². The Bertz CT molecular complexity index is 695. The molecule has 7 heteroatoms. The van der Waals surface area contributed by atoms with Crippen molar-refractivity contribution in [3.63, 3.8) is 0 Å². The highest BCUT2D eigenvalue weighted by Crippen LogP contribution is 2.18. The van der Waals surface area contributed by atoms with E-state index in [4.69, 9.17) is 4.74 Å². The van der Waals surface area contributed by atoms with Gasteiger partial charge in [-0.15, -0.1) is 0 Å². The van der Waals surface area contributed by atoms with Crippen molar-refractivity contribution in [2.75, 3.05) is 6.61 Å². The third-order valence-electron chi connectivity index (χ3n) is 3.78. The molecular weight excluding hydrogens is 324 g/mol. The smallest absolute Gasteiger partial charge is 0.321 e. The largest absolute Gasteiger partial charge is 0.456 e. The molecule has 3 amide bonds. The Kier molecular flexibility index (Phi) is 6.27. The summed E-state index contributed by atoms with van der Waals surface area (Å²) in [5.74, 6) is -1.50. The van der Waals surface area contributed by atoms with E-state index in [-0.39, 0.29) is 24.7 Å². The number of amides is 3. The molecule has 0 aliphatic heterocycles. The maximum absolute atomic E-state index is 12.2. The lowest BCUT2D eigenvalue weighted by atomic mass is 9.99. The minimum atomic E-state index is -0.702. The van der Waals surface area contributed by atoms with E-state index in [1.807, 2.05) is 26.0 Å². The molecule has 0 heterocycles. The van der Waals surface area contributed by atoms with Gasteiger partial charge in [0, 0.05) is 18.0 Å². The standard InChI is InChI=1S/C18H22N2O5/c1-11-3-4-12(2)14(9-11)15(21)7-8-17(23)25-10-16(22)20-18(24)19-13-5-6-13/h3-4,9,13H,5-8,10H2,1-2H3,(H2,19,20,22,24). The molecule has 0 spiro atoms. The lowest BCUT2D eigenvalue weighted by Crippen LogP contribution is -2.42. The average molecular weight is 346 g/mol. The molecule has 1 aromatic carbocycles. The van der Waals surface area contributed by atoms with Crippen molar-refractivity contribution in [2.24, 2.45) is 0 Å². The summed E-state index contributed by atoms with van der Waals surface area (Å²) in [6.45, 7) is 3.18. The fourth-order valence-electron chi connectivity index (χ4n) is 2.22. The maximum Gasteiger partial charge on any atom is 0.321 e. The first-order chi connectivity index (χ1) is 11.8. The number of hydrogen-bond acceptors (Lipinski definition) is 5. The zero-order chi connectivity index (χ0) is 18.4. The number of esters is 1. The topological polar surface area (TPSA) is 102 Å². The highest BCUT2D eigenvalue weighted by molar-refractivity contribution is 5.99. The fraction of sp³-hybridized carbons (Fsp3) is 0.444. The van der Waals surface area contributed by atoms with E-state index < -0.39 is 24.5 Å². The third kappa shape index (κ3) is 6.37. The van der Waals surface area contributed by atoms with Gasteiger partial charge in [-0.05, 0) is 38.3 Å². The number of benzene rings is 1. The van der Waals surface area contributed by atoms with Crippen LogP contribution in [-0.2, 0) is 14.3 Å². The first-order valence-electron chi connectivity index (χ1n) is 8.21. The number of ketones is 1. The Morgan fingerprint density at radius 1 is 1.12 bits per heavy atom. The first kappa shape index (κ1) is 18.6. The molecule has 1 aliphatic rings. The molecule has 134 valence electrons. The van der Waals surface area contributed by atoms with Crippen molar-refractivity contribution in [1.29, 1.82) is 0 Å². The molecule has 0 bridgehead atoms. The summed E-state index contributed by atoms with van der Waals surface area (Å²) in [6, 6.07) is 5.10. The molecule has 0 aromatic heterocycles. The SMILES string of the molecule is Cc1ccc(C)c(C(=O)CCC(=O)OCC(=O)NC(=O)NC2CC2)c1. The number of carbonyl (C=O) groups is 4. The van der Waals surface area contributed by atoms with E-state index >= 15 is 0 Å². The minimum absolute atomic E-state index is 0.00686. The van der Waals surface area contributed by atoms with E-state index in [0.29, 0.717) is 5.56 Å². The van der Waals surface area contributed by atoms with Gasteiger partial charge in [-0.2, -0.15) is 0 Å². The van der Waals surface area contributed by atoms with Gasteiger partial charge in [0.15, 0.2) is 12.4 Å². The zero-order valence-corrected chi connectivity index (χ0v) is 14.4. The van der Waals surface area contributed by atoms with Crippen LogP contribution in [0.3, 0.4) is 0 Å². The van der Waals surface area contributed by atoms with Crippen LogP contribution in [0.1, 0.15) is 47.2 Å². The molecule has 1 fully saturated rings. The molecule has 0 radical (unpaired) electrons. The van der Waals surface area contributed by atoms with Crippen molar-refractivity contribution >= 4 is 23.7 Å². The number of ether oxygens (including phenoxy) is 1. The van der Waals surface area contributed by atoms with E-state index in [9.17, 15) is 19.2 Å². The molecule has 0 saturated heterocycles. The summed E-state index contributed by atoms with van der Waals surface area (Å²) in [6.07, 6.45) is 1.71. The van der Waals surface area contributed by atoms with Crippen LogP contribution in [0.25, 0.3) is 0 Å². The fourth-order valence-corrected chi connectivity index (χ4v) is 2.22. The number of nitrogens with one attached hydrogen (secondary N) is 2. The number of imide groups is 1. The summed E-state index contributed by atoms with van der Waals surface area (Å²) in [7, 11) is 0. The predicted molar refractivity (Wildman–Crippen MR) is 90.1 cm³/mol. The molecule has 25 heavy (non-hydrogen) atoms. The molecule has 2 N–H and O–H groups in total. The van der Waals surface area contributed by atoms with Crippen LogP contribution in [0, 0.1) is 13.8 Å².